The lowest BCUT2D eigenvalue weighted by molar-refractivity contribution is 0.0774. The number of aliphatic hydroxyl groups excluding tert-OH is 1. The average Bonchev–Trinajstić information content (AvgIpc) is 2.86. The van der Waals surface area contributed by atoms with E-state index in [-0.39, 0.29) is 11.7 Å². The Bertz CT molecular complexity index is 486. The highest BCUT2D eigenvalue weighted by molar-refractivity contribution is 7.18. The van der Waals surface area contributed by atoms with Crippen molar-refractivity contribution in [1.29, 1.82) is 0 Å². The van der Waals surface area contributed by atoms with Gasteiger partial charge in [-0.05, 0) is 13.3 Å². The number of nitrogen functional groups attached to an aromatic ring is 1. The summed E-state index contributed by atoms with van der Waals surface area (Å²) in [5.74, 6) is 0.126. The van der Waals surface area contributed by atoms with Crippen LogP contribution in [0.5, 0.6) is 0 Å². The second-order valence-electron chi connectivity index (χ2n) is 5.17. The van der Waals surface area contributed by atoms with Gasteiger partial charge in [-0.25, -0.2) is 4.98 Å². The Morgan fingerprint density at radius 3 is 2.86 bits per heavy atom. The summed E-state index contributed by atoms with van der Waals surface area (Å²) in [4.78, 5) is 20.8. The van der Waals surface area contributed by atoms with Crippen LogP contribution in [0.15, 0.2) is 0 Å². The van der Waals surface area contributed by atoms with Gasteiger partial charge in [0.25, 0.3) is 5.91 Å². The minimum absolute atomic E-state index is 0.148. The number of aliphatic hydroxyl groups is 1. The molecule has 1 atom stereocenters. The van der Waals surface area contributed by atoms with Gasteiger partial charge in [0.05, 0.1) is 19.3 Å². The van der Waals surface area contributed by atoms with Crippen LogP contribution >= 0.6 is 11.3 Å². The maximum Gasteiger partial charge on any atom is 0.267 e. The van der Waals surface area contributed by atoms with E-state index in [9.17, 15) is 9.90 Å². The van der Waals surface area contributed by atoms with E-state index in [1.54, 1.807) is 18.9 Å². The number of carbonyl (C=O) groups excluding carboxylic acids is 1. The smallest absolute Gasteiger partial charge is 0.267 e. The fourth-order valence-electron chi connectivity index (χ4n) is 2.02. The summed E-state index contributed by atoms with van der Waals surface area (Å²) >= 11 is 1.32. The zero-order valence-corrected chi connectivity index (χ0v) is 13.2. The quantitative estimate of drug-likeness (QED) is 0.817. The number of carbonyl (C=O) groups is 1. The highest BCUT2D eigenvalue weighted by atomic mass is 32.1. The number of anilines is 2. The van der Waals surface area contributed by atoms with Gasteiger partial charge >= 0.3 is 0 Å². The third kappa shape index (κ3) is 4.05. The molecule has 1 unspecified atom stereocenters. The predicted molar refractivity (Wildman–Crippen MR) is 82.8 cm³/mol. The van der Waals surface area contributed by atoms with Crippen molar-refractivity contribution in [2.24, 2.45) is 0 Å². The predicted octanol–water partition coefficient (Wildman–Crippen LogP) is 0.405. The van der Waals surface area contributed by atoms with Gasteiger partial charge in [0.15, 0.2) is 5.13 Å². The second kappa shape index (κ2) is 7.06. The largest absolute Gasteiger partial charge is 0.393 e. The van der Waals surface area contributed by atoms with Crippen molar-refractivity contribution < 1.29 is 14.6 Å². The average molecular weight is 314 g/mol. The first kappa shape index (κ1) is 16.0. The van der Waals surface area contributed by atoms with Gasteiger partial charge in [-0.2, -0.15) is 0 Å². The standard InChI is InChI=1S/C13H22N4O3S/c1-9(18)3-4-16(2)12(19)10-11(14)15-13(21-10)17-5-7-20-8-6-17/h9,18H,3-8,14H2,1-2H3. The molecule has 3 N–H and O–H groups in total. The number of thiazole rings is 1. The van der Waals surface area contributed by atoms with Crippen molar-refractivity contribution in [3.05, 3.63) is 4.88 Å². The van der Waals surface area contributed by atoms with E-state index in [2.05, 4.69) is 9.88 Å². The van der Waals surface area contributed by atoms with Crippen molar-refractivity contribution in [3.63, 3.8) is 0 Å². The van der Waals surface area contributed by atoms with Gasteiger partial charge in [0, 0.05) is 26.7 Å². The van der Waals surface area contributed by atoms with Crippen molar-refractivity contribution in [2.45, 2.75) is 19.4 Å². The molecule has 1 aliphatic heterocycles. The van der Waals surface area contributed by atoms with E-state index in [4.69, 9.17) is 10.5 Å². The van der Waals surface area contributed by atoms with Crippen LogP contribution in [0.2, 0.25) is 0 Å². The molecule has 7 nitrogen and oxygen atoms in total. The molecule has 1 amide bonds. The number of amides is 1. The van der Waals surface area contributed by atoms with Gasteiger partial charge in [0.2, 0.25) is 0 Å². The van der Waals surface area contributed by atoms with Crippen molar-refractivity contribution in [1.82, 2.24) is 9.88 Å². The number of morpholine rings is 1. The van der Waals surface area contributed by atoms with Gasteiger partial charge in [-0.15, -0.1) is 0 Å². The van der Waals surface area contributed by atoms with E-state index >= 15 is 0 Å². The number of nitrogens with zero attached hydrogens (tertiary/aromatic N) is 3. The Balaban J connectivity index is 2.05. The fraction of sp³-hybridized carbons (Fsp3) is 0.692. The van der Waals surface area contributed by atoms with Crippen molar-refractivity contribution in [2.75, 3.05) is 50.5 Å². The van der Waals surface area contributed by atoms with Gasteiger partial charge in [0.1, 0.15) is 10.7 Å². The van der Waals surface area contributed by atoms with E-state index in [1.165, 1.54) is 11.3 Å². The first-order valence-electron chi connectivity index (χ1n) is 7.01. The molecule has 0 saturated carbocycles. The summed E-state index contributed by atoms with van der Waals surface area (Å²) in [6, 6.07) is 0. The van der Waals surface area contributed by atoms with Gasteiger partial charge < -0.3 is 25.4 Å². The SMILES string of the molecule is CC(O)CCN(C)C(=O)c1sc(N2CCOCC2)nc1N. The summed E-state index contributed by atoms with van der Waals surface area (Å²) in [6.07, 6.45) is 0.111. The molecule has 1 saturated heterocycles. The van der Waals surface area contributed by atoms with Crippen LogP contribution in [0.3, 0.4) is 0 Å². The topological polar surface area (TPSA) is 91.9 Å². The highest BCUT2D eigenvalue weighted by Gasteiger charge is 2.23. The van der Waals surface area contributed by atoms with Gasteiger partial charge in [-0.1, -0.05) is 11.3 Å². The number of hydrogen-bond acceptors (Lipinski definition) is 7. The Morgan fingerprint density at radius 2 is 2.24 bits per heavy atom. The molecular weight excluding hydrogens is 292 g/mol. The minimum atomic E-state index is -0.428. The first-order chi connectivity index (χ1) is 9.99. The molecule has 1 fully saturated rings. The van der Waals surface area contributed by atoms with Crippen LogP contribution in [0.25, 0.3) is 0 Å². The van der Waals surface area contributed by atoms with Gasteiger partial charge in [-0.3, -0.25) is 4.79 Å². The molecule has 2 heterocycles. The normalized spacial score (nSPS) is 16.8. The summed E-state index contributed by atoms with van der Waals surface area (Å²) in [5, 5.41) is 10.1. The Morgan fingerprint density at radius 1 is 1.57 bits per heavy atom. The Hall–Kier alpha value is -1.38. The van der Waals surface area contributed by atoms with Crippen LogP contribution in [0.4, 0.5) is 10.9 Å². The molecule has 1 aromatic heterocycles. The molecule has 118 valence electrons. The zero-order valence-electron chi connectivity index (χ0n) is 12.4. The molecule has 1 aromatic rings. The molecular formula is C13H22N4O3S. The van der Waals surface area contributed by atoms with Crippen LogP contribution in [0, 0.1) is 0 Å². The van der Waals surface area contributed by atoms with Crippen molar-refractivity contribution in [3.8, 4) is 0 Å². The monoisotopic (exact) mass is 314 g/mol. The lowest BCUT2D eigenvalue weighted by atomic mass is 10.2. The number of nitrogens with two attached hydrogens (primary N) is 1. The summed E-state index contributed by atoms with van der Waals surface area (Å²) in [7, 11) is 1.71. The Kier molecular flexibility index (Phi) is 5.38. The third-order valence-corrected chi connectivity index (χ3v) is 4.47. The maximum absolute atomic E-state index is 12.4. The molecule has 0 radical (unpaired) electrons. The first-order valence-corrected chi connectivity index (χ1v) is 7.83. The fourth-order valence-corrected chi connectivity index (χ4v) is 3.05. The summed E-state index contributed by atoms with van der Waals surface area (Å²) in [5.41, 5.74) is 5.89. The number of rotatable bonds is 5. The lowest BCUT2D eigenvalue weighted by Gasteiger charge is -2.25. The van der Waals surface area contributed by atoms with Crippen molar-refractivity contribution >= 4 is 28.2 Å². The maximum atomic E-state index is 12.4. The van der Waals surface area contributed by atoms with Crippen LogP contribution < -0.4 is 10.6 Å². The lowest BCUT2D eigenvalue weighted by Crippen LogP contribution is -2.36. The van der Waals surface area contributed by atoms with Crippen LogP contribution in [0.1, 0.15) is 23.0 Å². The molecule has 8 heteroatoms. The third-order valence-electron chi connectivity index (χ3n) is 3.35. The van der Waals surface area contributed by atoms with Crippen LogP contribution in [-0.4, -0.2) is 66.9 Å². The minimum Gasteiger partial charge on any atom is -0.393 e. The number of ether oxygens (including phenoxy) is 1. The van der Waals surface area contributed by atoms with E-state index in [1.807, 2.05) is 0 Å². The van der Waals surface area contributed by atoms with E-state index in [0.717, 1.165) is 18.2 Å². The zero-order chi connectivity index (χ0) is 15.4. The second-order valence-corrected chi connectivity index (χ2v) is 6.15. The van der Waals surface area contributed by atoms with E-state index in [0.29, 0.717) is 31.1 Å². The molecule has 2 rings (SSSR count). The molecule has 0 aromatic carbocycles. The summed E-state index contributed by atoms with van der Waals surface area (Å²) < 4.78 is 5.30. The highest BCUT2D eigenvalue weighted by Crippen LogP contribution is 2.29. The Labute approximate surface area is 128 Å². The molecule has 0 bridgehead atoms. The number of hydrogen-bond donors (Lipinski definition) is 2. The number of aromatic nitrogens is 1. The summed E-state index contributed by atoms with van der Waals surface area (Å²) in [6.45, 7) is 5.04. The molecule has 1 aliphatic rings. The van der Waals surface area contributed by atoms with Crippen LogP contribution in [-0.2, 0) is 4.74 Å². The van der Waals surface area contributed by atoms with E-state index < -0.39 is 6.10 Å². The molecule has 0 spiro atoms. The molecule has 21 heavy (non-hydrogen) atoms. The molecule has 0 aliphatic carbocycles.